The summed E-state index contributed by atoms with van der Waals surface area (Å²) in [5, 5.41) is 0. The lowest BCUT2D eigenvalue weighted by Crippen LogP contribution is -2.00. The number of rotatable bonds is 7. The molecule has 0 aliphatic heterocycles. The average Bonchev–Trinajstić information content (AvgIpc) is 2.30. The highest BCUT2D eigenvalue weighted by Gasteiger charge is 2.29. The maximum Gasteiger partial charge on any atom is 0.446 e. The van der Waals surface area contributed by atoms with Gasteiger partial charge in [-0.05, 0) is 43.3 Å². The summed E-state index contributed by atoms with van der Waals surface area (Å²) in [7, 11) is -3.23. The van der Waals surface area contributed by atoms with Crippen LogP contribution < -0.4 is 0 Å². The predicted molar refractivity (Wildman–Crippen MR) is 72.9 cm³/mol. The van der Waals surface area contributed by atoms with E-state index >= 15 is 0 Å². The zero-order valence-electron chi connectivity index (χ0n) is 11.1. The molecule has 114 valence electrons. The number of hydrogen-bond acceptors (Lipinski definition) is 4. The van der Waals surface area contributed by atoms with E-state index in [0.717, 1.165) is 0 Å². The van der Waals surface area contributed by atoms with Crippen molar-refractivity contribution in [3.8, 4) is 0 Å². The van der Waals surface area contributed by atoms with Crippen molar-refractivity contribution in [2.75, 3.05) is 13.2 Å². The Balaban J connectivity index is 2.75. The van der Waals surface area contributed by atoms with Crippen molar-refractivity contribution in [1.29, 1.82) is 0 Å². The van der Waals surface area contributed by atoms with Gasteiger partial charge in [-0.25, -0.2) is 0 Å². The lowest BCUT2D eigenvalue weighted by atomic mass is 10.2. The summed E-state index contributed by atoms with van der Waals surface area (Å²) in [5.41, 5.74) is -3.70. The molecule has 0 atom stereocenters. The highest BCUT2D eigenvalue weighted by atomic mass is 32.2. The minimum absolute atomic E-state index is 0.0473. The summed E-state index contributed by atoms with van der Waals surface area (Å²) in [6, 6.07) is 5.68. The van der Waals surface area contributed by atoms with Crippen molar-refractivity contribution in [3.63, 3.8) is 0 Å². The van der Waals surface area contributed by atoms with Gasteiger partial charge in [-0.15, -0.1) is 0 Å². The standard InChI is InChI=1S/C12H16F3O3PS/c1-3-17-19(16,18-4-2)9-10-5-7-11(8-6-10)20-12(13,14)15/h5-8H,3-4,9H2,1-2H3. The SMILES string of the molecule is CCOP(=O)(Cc1ccc(SC(F)(F)F)cc1)OCC. The molecule has 0 spiro atoms. The molecule has 20 heavy (non-hydrogen) atoms. The first kappa shape index (κ1) is 17.6. The third-order valence-corrected chi connectivity index (χ3v) is 4.98. The number of hydrogen-bond donors (Lipinski definition) is 0. The summed E-state index contributed by atoms with van der Waals surface area (Å²) in [5.74, 6) is 0. The van der Waals surface area contributed by atoms with Crippen molar-refractivity contribution < 1.29 is 26.8 Å². The molecule has 0 fully saturated rings. The summed E-state index contributed by atoms with van der Waals surface area (Å²) >= 11 is -0.184. The third-order valence-electron chi connectivity index (χ3n) is 2.18. The van der Waals surface area contributed by atoms with Crippen LogP contribution in [0.25, 0.3) is 0 Å². The highest BCUT2D eigenvalue weighted by Crippen LogP contribution is 2.51. The Morgan fingerprint density at radius 2 is 1.60 bits per heavy atom. The van der Waals surface area contributed by atoms with E-state index in [9.17, 15) is 17.7 Å². The summed E-state index contributed by atoms with van der Waals surface area (Å²) in [4.78, 5) is 0.0869. The Bertz CT molecular complexity index is 452. The first-order chi connectivity index (χ1) is 9.28. The molecule has 0 aliphatic rings. The summed E-state index contributed by atoms with van der Waals surface area (Å²) < 4.78 is 59.1. The van der Waals surface area contributed by atoms with Crippen LogP contribution in [0.2, 0.25) is 0 Å². The van der Waals surface area contributed by atoms with Gasteiger partial charge in [-0.3, -0.25) is 4.57 Å². The molecule has 0 N–H and O–H groups in total. The fourth-order valence-electron chi connectivity index (χ4n) is 1.54. The van der Waals surface area contributed by atoms with Crippen LogP contribution in [0.1, 0.15) is 19.4 Å². The van der Waals surface area contributed by atoms with Crippen molar-refractivity contribution >= 4 is 19.4 Å². The van der Waals surface area contributed by atoms with Crippen LogP contribution in [0.4, 0.5) is 13.2 Å². The van der Waals surface area contributed by atoms with Crippen LogP contribution in [-0.4, -0.2) is 18.7 Å². The van der Waals surface area contributed by atoms with Crippen LogP contribution in [0.5, 0.6) is 0 Å². The molecule has 0 saturated carbocycles. The van der Waals surface area contributed by atoms with Gasteiger partial charge in [0.2, 0.25) is 0 Å². The van der Waals surface area contributed by atoms with Crippen LogP contribution in [0.15, 0.2) is 29.2 Å². The molecule has 0 heterocycles. The minimum Gasteiger partial charge on any atom is -0.309 e. The van der Waals surface area contributed by atoms with Gasteiger partial charge in [0.1, 0.15) is 0 Å². The maximum absolute atomic E-state index is 12.3. The Hall–Kier alpha value is -0.490. The van der Waals surface area contributed by atoms with Gasteiger partial charge in [0.05, 0.1) is 19.4 Å². The smallest absolute Gasteiger partial charge is 0.309 e. The molecule has 0 radical (unpaired) electrons. The Kier molecular flexibility index (Phi) is 6.58. The van der Waals surface area contributed by atoms with Gasteiger partial charge >= 0.3 is 13.1 Å². The van der Waals surface area contributed by atoms with Crippen LogP contribution in [0, 0.1) is 0 Å². The lowest BCUT2D eigenvalue weighted by Gasteiger charge is -2.17. The van der Waals surface area contributed by atoms with Crippen molar-refractivity contribution in [2.45, 2.75) is 30.4 Å². The zero-order valence-corrected chi connectivity index (χ0v) is 12.9. The Labute approximate surface area is 120 Å². The molecule has 1 aromatic rings. The summed E-state index contributed by atoms with van der Waals surface area (Å²) in [6.07, 6.45) is 0.0473. The molecule has 8 heteroatoms. The maximum atomic E-state index is 12.3. The van der Waals surface area contributed by atoms with Gasteiger partial charge in [0.15, 0.2) is 0 Å². The molecule has 0 amide bonds. The van der Waals surface area contributed by atoms with Crippen LogP contribution in [-0.2, 0) is 19.8 Å². The van der Waals surface area contributed by atoms with E-state index in [0.29, 0.717) is 5.56 Å². The second-order valence-corrected chi connectivity index (χ2v) is 6.99. The van der Waals surface area contributed by atoms with E-state index in [1.165, 1.54) is 24.3 Å². The Morgan fingerprint density at radius 3 is 2.00 bits per heavy atom. The van der Waals surface area contributed by atoms with Gasteiger partial charge in [0, 0.05) is 4.90 Å². The van der Waals surface area contributed by atoms with E-state index < -0.39 is 13.1 Å². The lowest BCUT2D eigenvalue weighted by molar-refractivity contribution is -0.0328. The first-order valence-corrected chi connectivity index (χ1v) is 8.55. The monoisotopic (exact) mass is 328 g/mol. The van der Waals surface area contributed by atoms with Crippen molar-refractivity contribution in [2.24, 2.45) is 0 Å². The predicted octanol–water partition coefficient (Wildman–Crippen LogP) is 5.06. The van der Waals surface area contributed by atoms with E-state index in [2.05, 4.69) is 0 Å². The zero-order chi connectivity index (χ0) is 15.2. The number of thioether (sulfide) groups is 1. The van der Waals surface area contributed by atoms with Crippen molar-refractivity contribution in [1.82, 2.24) is 0 Å². The topological polar surface area (TPSA) is 35.5 Å². The largest absolute Gasteiger partial charge is 0.446 e. The first-order valence-electron chi connectivity index (χ1n) is 6.01. The van der Waals surface area contributed by atoms with Gasteiger partial charge < -0.3 is 9.05 Å². The molecule has 0 bridgehead atoms. The molecular weight excluding hydrogens is 312 g/mol. The third kappa shape index (κ3) is 6.31. The number of halogens is 3. The van der Waals surface area contributed by atoms with Gasteiger partial charge in [0.25, 0.3) is 0 Å². The molecule has 1 rings (SSSR count). The Morgan fingerprint density at radius 1 is 1.10 bits per heavy atom. The minimum atomic E-state index is -4.31. The van der Waals surface area contributed by atoms with Crippen molar-refractivity contribution in [3.05, 3.63) is 29.8 Å². The van der Waals surface area contributed by atoms with E-state index in [1.807, 2.05) is 0 Å². The quantitative estimate of drug-likeness (QED) is 0.517. The fraction of sp³-hybridized carbons (Fsp3) is 0.500. The molecule has 0 saturated heterocycles. The van der Waals surface area contributed by atoms with Crippen LogP contribution in [0.3, 0.4) is 0 Å². The number of benzene rings is 1. The molecule has 0 unspecified atom stereocenters. The average molecular weight is 328 g/mol. The van der Waals surface area contributed by atoms with Gasteiger partial charge in [-0.2, -0.15) is 13.2 Å². The number of alkyl halides is 3. The van der Waals surface area contributed by atoms with E-state index in [-0.39, 0.29) is 36.0 Å². The fourth-order valence-corrected chi connectivity index (χ4v) is 3.78. The molecular formula is C12H16F3O3PS. The molecule has 3 nitrogen and oxygen atoms in total. The second kappa shape index (κ2) is 7.50. The molecule has 1 aromatic carbocycles. The van der Waals surface area contributed by atoms with Gasteiger partial charge in [-0.1, -0.05) is 12.1 Å². The molecule has 0 aromatic heterocycles. The molecule has 0 aliphatic carbocycles. The van der Waals surface area contributed by atoms with E-state index in [1.54, 1.807) is 13.8 Å². The van der Waals surface area contributed by atoms with Crippen LogP contribution >= 0.6 is 19.4 Å². The summed E-state index contributed by atoms with van der Waals surface area (Å²) in [6.45, 7) is 3.90. The van der Waals surface area contributed by atoms with E-state index in [4.69, 9.17) is 9.05 Å². The highest BCUT2D eigenvalue weighted by molar-refractivity contribution is 8.00. The second-order valence-electron chi connectivity index (χ2n) is 3.80. The normalized spacial score (nSPS) is 12.7.